The number of aromatic amines is 2. The molecule has 4 saturated carbocycles. The molecule has 2 heterocycles. The lowest BCUT2D eigenvalue weighted by molar-refractivity contribution is 0.00194. The Morgan fingerprint density at radius 1 is 0.885 bits per heavy atom. The Hall–Kier alpha value is -1.77. The van der Waals surface area contributed by atoms with Crippen LogP contribution in [0.15, 0.2) is 11.1 Å². The van der Waals surface area contributed by atoms with E-state index in [0.29, 0.717) is 0 Å². The van der Waals surface area contributed by atoms with Gasteiger partial charge >= 0.3 is 0 Å². The van der Waals surface area contributed by atoms with Crippen molar-refractivity contribution in [3.63, 3.8) is 0 Å². The molecule has 3 heteroatoms. The van der Waals surface area contributed by atoms with Crippen molar-refractivity contribution in [1.82, 2.24) is 9.97 Å². The molecular formula is C23H31N3. The Morgan fingerprint density at radius 2 is 1.50 bits per heavy atom. The molecule has 4 aliphatic carbocycles. The highest BCUT2D eigenvalue weighted by Gasteiger charge is 2.50. The first kappa shape index (κ1) is 16.4. The minimum atomic E-state index is 0.249. The van der Waals surface area contributed by atoms with Crippen LogP contribution in [-0.2, 0) is 0 Å². The van der Waals surface area contributed by atoms with Gasteiger partial charge in [-0.1, -0.05) is 0 Å². The molecule has 2 aromatic rings. The Balaban J connectivity index is 1.47. The third-order valence-corrected chi connectivity index (χ3v) is 7.47. The summed E-state index contributed by atoms with van der Waals surface area (Å²) in [6.45, 7) is 8.75. The SMILES string of the molecule is Cc1cc(C)c(-c2[nH]c(C=NC34CC5CC(CC(C5)C3)C4)c(C)c2C)[nH]1. The highest BCUT2D eigenvalue weighted by molar-refractivity contribution is 5.84. The number of aliphatic imine (C=N–C) groups is 1. The molecule has 26 heavy (non-hydrogen) atoms. The predicted molar refractivity (Wildman–Crippen MR) is 108 cm³/mol. The smallest absolute Gasteiger partial charge is 0.0659 e. The molecule has 0 amide bonds. The second-order valence-corrected chi connectivity index (χ2v) is 9.57. The van der Waals surface area contributed by atoms with Crippen molar-refractivity contribution < 1.29 is 0 Å². The van der Waals surface area contributed by atoms with Crippen molar-refractivity contribution in [3.05, 3.63) is 34.1 Å². The quantitative estimate of drug-likeness (QED) is 0.674. The average Bonchev–Trinajstić information content (AvgIpc) is 3.04. The summed E-state index contributed by atoms with van der Waals surface area (Å²) in [5.74, 6) is 2.85. The van der Waals surface area contributed by atoms with E-state index in [2.05, 4.69) is 49.9 Å². The maximum atomic E-state index is 5.26. The first-order valence-corrected chi connectivity index (χ1v) is 10.3. The summed E-state index contributed by atoms with van der Waals surface area (Å²) >= 11 is 0. The number of aromatic nitrogens is 2. The van der Waals surface area contributed by atoms with Crippen molar-refractivity contribution in [2.75, 3.05) is 0 Å². The number of hydrogen-bond acceptors (Lipinski definition) is 1. The van der Waals surface area contributed by atoms with Crippen LogP contribution in [-0.4, -0.2) is 21.7 Å². The standard InChI is InChI=1S/C23H31N3/c1-13-5-14(2)25-21(13)22-16(4)15(3)20(26-22)12-24-23-9-17-6-18(10-23)8-19(7-17)11-23/h5,12,17-19,25-26H,6-11H2,1-4H3. The number of nitrogens with one attached hydrogen (secondary N) is 2. The summed E-state index contributed by atoms with van der Waals surface area (Å²) in [7, 11) is 0. The Labute approximate surface area is 156 Å². The Bertz CT molecular complexity index is 844. The number of H-pyrrole nitrogens is 2. The minimum absolute atomic E-state index is 0.249. The van der Waals surface area contributed by atoms with Crippen LogP contribution in [0.4, 0.5) is 0 Å². The van der Waals surface area contributed by atoms with Crippen LogP contribution in [0.1, 0.15) is 66.6 Å². The van der Waals surface area contributed by atoms with E-state index < -0.39 is 0 Å². The molecule has 0 aromatic carbocycles. The zero-order valence-corrected chi connectivity index (χ0v) is 16.6. The lowest BCUT2D eigenvalue weighted by Gasteiger charge is -2.54. The lowest BCUT2D eigenvalue weighted by atomic mass is 9.53. The first-order chi connectivity index (χ1) is 12.4. The van der Waals surface area contributed by atoms with Crippen LogP contribution >= 0.6 is 0 Å². The van der Waals surface area contributed by atoms with Crippen LogP contribution in [0.5, 0.6) is 0 Å². The predicted octanol–water partition coefficient (Wildman–Crippen LogP) is 5.63. The molecule has 3 nitrogen and oxygen atoms in total. The molecule has 0 saturated heterocycles. The number of aryl methyl sites for hydroxylation is 2. The van der Waals surface area contributed by atoms with E-state index in [1.807, 2.05) is 0 Å². The van der Waals surface area contributed by atoms with E-state index >= 15 is 0 Å². The van der Waals surface area contributed by atoms with Crippen LogP contribution < -0.4 is 0 Å². The van der Waals surface area contributed by atoms with Gasteiger partial charge in [-0.15, -0.1) is 0 Å². The lowest BCUT2D eigenvalue weighted by Crippen LogP contribution is -2.49. The van der Waals surface area contributed by atoms with E-state index in [1.165, 1.54) is 78.0 Å². The molecule has 6 rings (SSSR count). The molecule has 4 aliphatic rings. The van der Waals surface area contributed by atoms with Crippen molar-refractivity contribution in [1.29, 1.82) is 0 Å². The third-order valence-electron chi connectivity index (χ3n) is 7.47. The Kier molecular flexibility index (Phi) is 3.54. The fourth-order valence-corrected chi connectivity index (χ4v) is 6.50. The van der Waals surface area contributed by atoms with Gasteiger partial charge in [0.15, 0.2) is 0 Å². The molecule has 0 unspecified atom stereocenters. The Morgan fingerprint density at radius 3 is 2.04 bits per heavy atom. The number of rotatable bonds is 3. The van der Waals surface area contributed by atoms with Gasteiger partial charge in [0.25, 0.3) is 0 Å². The second-order valence-electron chi connectivity index (χ2n) is 9.57. The maximum Gasteiger partial charge on any atom is 0.0659 e. The van der Waals surface area contributed by atoms with Gasteiger partial charge in [0, 0.05) is 11.9 Å². The fraction of sp³-hybridized carbons (Fsp3) is 0.609. The molecule has 4 bridgehead atoms. The van der Waals surface area contributed by atoms with Gasteiger partial charge in [-0.05, 0) is 107 Å². The maximum absolute atomic E-state index is 5.26. The summed E-state index contributed by atoms with van der Waals surface area (Å²) < 4.78 is 0. The highest BCUT2D eigenvalue weighted by Crippen LogP contribution is 2.57. The molecule has 2 N–H and O–H groups in total. The molecule has 0 aliphatic heterocycles. The van der Waals surface area contributed by atoms with Gasteiger partial charge in [0.05, 0.1) is 22.6 Å². The van der Waals surface area contributed by atoms with Crippen LogP contribution in [0.2, 0.25) is 0 Å². The number of hydrogen-bond donors (Lipinski definition) is 2. The van der Waals surface area contributed by atoms with Gasteiger partial charge < -0.3 is 9.97 Å². The summed E-state index contributed by atoms with van der Waals surface area (Å²) in [5.41, 5.74) is 9.07. The second kappa shape index (κ2) is 5.61. The van der Waals surface area contributed by atoms with E-state index in [9.17, 15) is 0 Å². The minimum Gasteiger partial charge on any atom is -0.357 e. The van der Waals surface area contributed by atoms with Crippen molar-refractivity contribution >= 4 is 6.21 Å². The molecule has 0 spiro atoms. The first-order valence-electron chi connectivity index (χ1n) is 10.3. The van der Waals surface area contributed by atoms with Gasteiger partial charge in [-0.25, -0.2) is 0 Å². The topological polar surface area (TPSA) is 43.9 Å². The molecule has 0 atom stereocenters. The summed E-state index contributed by atoms with van der Waals surface area (Å²) in [5, 5.41) is 0. The number of nitrogens with zero attached hydrogens (tertiary/aromatic N) is 1. The zero-order valence-electron chi connectivity index (χ0n) is 16.6. The van der Waals surface area contributed by atoms with Crippen molar-refractivity contribution in [3.8, 4) is 11.4 Å². The summed E-state index contributed by atoms with van der Waals surface area (Å²) in [6.07, 6.45) is 10.6. The largest absolute Gasteiger partial charge is 0.357 e. The summed E-state index contributed by atoms with van der Waals surface area (Å²) in [6, 6.07) is 2.22. The van der Waals surface area contributed by atoms with Gasteiger partial charge in [0.1, 0.15) is 0 Å². The van der Waals surface area contributed by atoms with Crippen molar-refractivity contribution in [2.24, 2.45) is 22.7 Å². The van der Waals surface area contributed by atoms with Crippen LogP contribution in [0, 0.1) is 45.4 Å². The molecular weight excluding hydrogens is 318 g/mol. The molecule has 0 radical (unpaired) electrons. The van der Waals surface area contributed by atoms with E-state index in [1.54, 1.807) is 0 Å². The van der Waals surface area contributed by atoms with E-state index in [4.69, 9.17) is 4.99 Å². The van der Waals surface area contributed by atoms with Gasteiger partial charge in [-0.2, -0.15) is 0 Å². The molecule has 138 valence electrons. The molecule has 2 aromatic heterocycles. The highest BCUT2D eigenvalue weighted by atomic mass is 14.9. The fourth-order valence-electron chi connectivity index (χ4n) is 6.50. The summed E-state index contributed by atoms with van der Waals surface area (Å²) in [4.78, 5) is 12.4. The average molecular weight is 350 g/mol. The van der Waals surface area contributed by atoms with Gasteiger partial charge in [-0.3, -0.25) is 4.99 Å². The monoisotopic (exact) mass is 349 g/mol. The molecule has 4 fully saturated rings. The third kappa shape index (κ3) is 2.51. The van der Waals surface area contributed by atoms with Gasteiger partial charge in [0.2, 0.25) is 0 Å². The zero-order chi connectivity index (χ0) is 18.1. The van der Waals surface area contributed by atoms with E-state index in [-0.39, 0.29) is 5.54 Å². The normalized spacial score (nSPS) is 32.8. The van der Waals surface area contributed by atoms with Crippen LogP contribution in [0.3, 0.4) is 0 Å². The van der Waals surface area contributed by atoms with Crippen molar-refractivity contribution in [2.45, 2.75) is 71.8 Å². The van der Waals surface area contributed by atoms with E-state index in [0.717, 1.165) is 17.8 Å². The van der Waals surface area contributed by atoms with Crippen LogP contribution in [0.25, 0.3) is 11.4 Å².